The van der Waals surface area contributed by atoms with Crippen LogP contribution in [0.5, 0.6) is 5.75 Å². The maximum Gasteiger partial charge on any atom is 0.124 e. The van der Waals surface area contributed by atoms with Gasteiger partial charge >= 0.3 is 0 Å². The van der Waals surface area contributed by atoms with Crippen LogP contribution in [0.1, 0.15) is 29.5 Å². The fourth-order valence-corrected chi connectivity index (χ4v) is 3.41. The molecule has 134 valence electrons. The first-order valence-corrected chi connectivity index (χ1v) is 8.93. The minimum absolute atomic E-state index is 0.0125. The molecular weight excluding hydrogens is 314 g/mol. The number of nitrogens with zero attached hydrogens (tertiary/aromatic N) is 1. The quantitative estimate of drug-likeness (QED) is 0.799. The molecule has 4 heteroatoms. The number of rotatable bonds is 8. The first-order chi connectivity index (χ1) is 12.3. The second kappa shape index (κ2) is 8.99. The van der Waals surface area contributed by atoms with Crippen molar-refractivity contribution in [2.45, 2.75) is 38.6 Å². The van der Waals surface area contributed by atoms with E-state index in [4.69, 9.17) is 9.47 Å². The number of hydrogen-bond acceptors (Lipinski definition) is 4. The molecule has 1 N–H and O–H groups in total. The Balaban J connectivity index is 1.73. The summed E-state index contributed by atoms with van der Waals surface area (Å²) in [7, 11) is 1.63. The van der Waals surface area contributed by atoms with Crippen LogP contribution >= 0.6 is 0 Å². The number of benzene rings is 2. The molecule has 1 unspecified atom stereocenters. The Morgan fingerprint density at radius 2 is 1.92 bits per heavy atom. The predicted octanol–water partition coefficient (Wildman–Crippen LogP) is 3.37. The highest BCUT2D eigenvalue weighted by atomic mass is 16.5. The Labute approximate surface area is 150 Å². The molecule has 0 bridgehead atoms. The van der Waals surface area contributed by atoms with Gasteiger partial charge in [-0.05, 0) is 36.1 Å². The fraction of sp³-hybridized carbons (Fsp3) is 0.429. The van der Waals surface area contributed by atoms with E-state index >= 15 is 0 Å². The van der Waals surface area contributed by atoms with E-state index in [9.17, 15) is 5.11 Å². The van der Waals surface area contributed by atoms with Crippen molar-refractivity contribution in [2.75, 3.05) is 20.3 Å². The zero-order valence-corrected chi connectivity index (χ0v) is 14.9. The molecule has 1 saturated heterocycles. The summed E-state index contributed by atoms with van der Waals surface area (Å²) < 4.78 is 11.1. The molecule has 0 saturated carbocycles. The van der Waals surface area contributed by atoms with Gasteiger partial charge in [-0.3, -0.25) is 4.90 Å². The molecule has 1 aliphatic heterocycles. The molecule has 1 atom stereocenters. The van der Waals surface area contributed by atoms with Crippen LogP contribution in [0.15, 0.2) is 48.5 Å². The summed E-state index contributed by atoms with van der Waals surface area (Å²) in [5, 5.41) is 9.56. The van der Waals surface area contributed by atoms with Crippen LogP contribution in [0.3, 0.4) is 0 Å². The zero-order valence-electron chi connectivity index (χ0n) is 14.9. The third-order valence-corrected chi connectivity index (χ3v) is 4.66. The maximum absolute atomic E-state index is 9.56. The van der Waals surface area contributed by atoms with Gasteiger partial charge in [0.15, 0.2) is 0 Å². The van der Waals surface area contributed by atoms with Crippen molar-refractivity contribution in [3.05, 3.63) is 65.2 Å². The number of methoxy groups -OCH3 is 1. The molecule has 1 fully saturated rings. The molecule has 2 aromatic rings. The Kier molecular flexibility index (Phi) is 6.45. The lowest BCUT2D eigenvalue weighted by molar-refractivity contribution is 0.0679. The van der Waals surface area contributed by atoms with E-state index in [-0.39, 0.29) is 6.61 Å². The second-order valence-electron chi connectivity index (χ2n) is 6.59. The molecule has 2 aromatic carbocycles. The van der Waals surface area contributed by atoms with Crippen molar-refractivity contribution in [3.8, 4) is 5.75 Å². The summed E-state index contributed by atoms with van der Waals surface area (Å²) >= 11 is 0. The van der Waals surface area contributed by atoms with E-state index in [1.807, 2.05) is 18.2 Å². The summed E-state index contributed by atoms with van der Waals surface area (Å²) in [5.74, 6) is 0.736. The monoisotopic (exact) mass is 341 g/mol. The summed E-state index contributed by atoms with van der Waals surface area (Å²) in [5.41, 5.74) is 3.31. The van der Waals surface area contributed by atoms with Gasteiger partial charge in [0, 0.05) is 31.8 Å². The lowest BCUT2D eigenvalue weighted by atomic mass is 10.1. The molecule has 1 aliphatic rings. The van der Waals surface area contributed by atoms with Crippen LogP contribution in [0.2, 0.25) is 0 Å². The normalized spacial score (nSPS) is 17.2. The van der Waals surface area contributed by atoms with E-state index in [1.54, 1.807) is 7.11 Å². The molecule has 0 amide bonds. The number of hydrogen-bond donors (Lipinski definition) is 1. The molecule has 25 heavy (non-hydrogen) atoms. The highest BCUT2D eigenvalue weighted by molar-refractivity contribution is 5.36. The number of aliphatic hydroxyl groups is 1. The zero-order chi connectivity index (χ0) is 17.5. The lowest BCUT2D eigenvalue weighted by Crippen LogP contribution is -2.31. The number of aliphatic hydroxyl groups excluding tert-OH is 1. The Morgan fingerprint density at radius 1 is 1.12 bits per heavy atom. The van der Waals surface area contributed by atoms with Gasteiger partial charge in [0.25, 0.3) is 0 Å². The van der Waals surface area contributed by atoms with Crippen molar-refractivity contribution in [2.24, 2.45) is 0 Å². The average Bonchev–Trinajstić information content (AvgIpc) is 3.15. The number of ether oxygens (including phenoxy) is 2. The van der Waals surface area contributed by atoms with E-state index in [0.717, 1.165) is 50.4 Å². The van der Waals surface area contributed by atoms with Gasteiger partial charge in [-0.1, -0.05) is 36.4 Å². The highest BCUT2D eigenvalue weighted by Gasteiger charge is 2.20. The Morgan fingerprint density at radius 3 is 2.60 bits per heavy atom. The van der Waals surface area contributed by atoms with Crippen molar-refractivity contribution in [1.82, 2.24) is 4.90 Å². The minimum atomic E-state index is -0.0125. The molecule has 3 rings (SSSR count). The van der Waals surface area contributed by atoms with Crippen LogP contribution < -0.4 is 4.74 Å². The molecule has 1 heterocycles. The summed E-state index contributed by atoms with van der Waals surface area (Å²) in [6.45, 7) is 3.50. The van der Waals surface area contributed by atoms with Gasteiger partial charge < -0.3 is 14.6 Å². The van der Waals surface area contributed by atoms with Gasteiger partial charge in [0.2, 0.25) is 0 Å². The van der Waals surface area contributed by atoms with Gasteiger partial charge in [0.1, 0.15) is 5.75 Å². The third-order valence-electron chi connectivity index (χ3n) is 4.66. The maximum atomic E-state index is 9.56. The molecule has 0 aromatic heterocycles. The van der Waals surface area contributed by atoms with Gasteiger partial charge in [0.05, 0.1) is 19.8 Å². The topological polar surface area (TPSA) is 41.9 Å². The van der Waals surface area contributed by atoms with Crippen LogP contribution in [-0.2, 0) is 24.4 Å². The lowest BCUT2D eigenvalue weighted by Gasteiger charge is -2.26. The average molecular weight is 341 g/mol. The second-order valence-corrected chi connectivity index (χ2v) is 6.59. The van der Waals surface area contributed by atoms with Gasteiger partial charge in [-0.2, -0.15) is 0 Å². The summed E-state index contributed by atoms with van der Waals surface area (Å²) in [6, 6.07) is 16.6. The highest BCUT2D eigenvalue weighted by Crippen LogP contribution is 2.22. The standard InChI is InChI=1S/C21H27NO3/c1-24-21-10-9-18(12-19(21)16-23)14-22(15-20-8-5-11-25-20)13-17-6-3-2-4-7-17/h2-4,6-7,9-10,12,20,23H,5,8,11,13-16H2,1H3. The SMILES string of the molecule is COc1ccc(CN(Cc2ccccc2)CC2CCCO2)cc1CO. The van der Waals surface area contributed by atoms with Crippen LogP contribution in [0.4, 0.5) is 0 Å². The van der Waals surface area contributed by atoms with E-state index in [1.165, 1.54) is 11.1 Å². The third kappa shape index (κ3) is 5.05. The van der Waals surface area contributed by atoms with Crippen molar-refractivity contribution < 1.29 is 14.6 Å². The molecule has 0 radical (unpaired) electrons. The summed E-state index contributed by atoms with van der Waals surface area (Å²) in [6.07, 6.45) is 2.61. The van der Waals surface area contributed by atoms with Gasteiger partial charge in [-0.15, -0.1) is 0 Å². The Hall–Kier alpha value is -1.88. The first-order valence-electron chi connectivity index (χ1n) is 8.93. The van der Waals surface area contributed by atoms with E-state index < -0.39 is 0 Å². The fourth-order valence-electron chi connectivity index (χ4n) is 3.41. The smallest absolute Gasteiger partial charge is 0.124 e. The minimum Gasteiger partial charge on any atom is -0.496 e. The van der Waals surface area contributed by atoms with Crippen molar-refractivity contribution >= 4 is 0 Å². The largest absolute Gasteiger partial charge is 0.496 e. The van der Waals surface area contributed by atoms with Crippen molar-refractivity contribution in [3.63, 3.8) is 0 Å². The van der Waals surface area contributed by atoms with Crippen LogP contribution in [0, 0.1) is 0 Å². The Bertz CT molecular complexity index is 653. The predicted molar refractivity (Wildman–Crippen MR) is 98.4 cm³/mol. The molecule has 0 aliphatic carbocycles. The van der Waals surface area contributed by atoms with Crippen LogP contribution in [0.25, 0.3) is 0 Å². The summed E-state index contributed by atoms with van der Waals surface area (Å²) in [4.78, 5) is 2.42. The van der Waals surface area contributed by atoms with Crippen molar-refractivity contribution in [1.29, 1.82) is 0 Å². The van der Waals surface area contributed by atoms with E-state index in [2.05, 4.69) is 35.2 Å². The van der Waals surface area contributed by atoms with E-state index in [0.29, 0.717) is 6.10 Å². The molecule has 0 spiro atoms. The van der Waals surface area contributed by atoms with Crippen LogP contribution in [-0.4, -0.2) is 36.4 Å². The molecule has 4 nitrogen and oxygen atoms in total. The first kappa shape index (κ1) is 17.9. The van der Waals surface area contributed by atoms with Gasteiger partial charge in [-0.25, -0.2) is 0 Å². The molecular formula is C21H27NO3.